The fourth-order valence-electron chi connectivity index (χ4n) is 8.84. The average Bonchev–Trinajstić information content (AvgIpc) is 3.40. The Kier molecular flexibility index (Phi) is 17.4. The molecule has 0 atom stereocenters. The van der Waals surface area contributed by atoms with E-state index in [1.54, 1.807) is 0 Å². The van der Waals surface area contributed by atoms with Gasteiger partial charge >= 0.3 is 0 Å². The molecule has 368 valence electrons. The van der Waals surface area contributed by atoms with Crippen LogP contribution in [0.4, 0.5) is 45.5 Å². The second kappa shape index (κ2) is 24.2. The summed E-state index contributed by atoms with van der Waals surface area (Å²) in [4.78, 5) is 0. The van der Waals surface area contributed by atoms with Gasteiger partial charge in [-0.1, -0.05) is 156 Å². The number of hydrogen-bond acceptors (Lipinski definition) is 0. The minimum atomic E-state index is 0. The van der Waals surface area contributed by atoms with Crippen LogP contribution in [0.3, 0.4) is 0 Å². The summed E-state index contributed by atoms with van der Waals surface area (Å²) in [6.45, 7) is 17.0. The van der Waals surface area contributed by atoms with Crippen molar-refractivity contribution in [2.24, 2.45) is 0 Å². The molecule has 0 amide bonds. The van der Waals surface area contributed by atoms with Crippen LogP contribution in [-0.2, 0) is 0 Å². The van der Waals surface area contributed by atoms with Gasteiger partial charge in [0.05, 0.1) is 0 Å². The van der Waals surface area contributed by atoms with Crippen molar-refractivity contribution in [1.29, 1.82) is 0 Å². The first-order valence-corrected chi connectivity index (χ1v) is 24.9. The molecular formula is C70H72N4+4. The number of rotatable bonds is 8. The van der Waals surface area contributed by atoms with Crippen molar-refractivity contribution in [2.75, 3.05) is 0 Å². The van der Waals surface area contributed by atoms with E-state index in [1.807, 2.05) is 0 Å². The van der Waals surface area contributed by atoms with E-state index >= 15 is 0 Å². The van der Waals surface area contributed by atoms with Crippen molar-refractivity contribution in [2.45, 2.75) is 70.2 Å². The summed E-state index contributed by atoms with van der Waals surface area (Å²) < 4.78 is 9.24. The Morgan fingerprint density at radius 2 is 0.257 bits per heavy atom. The van der Waals surface area contributed by atoms with Crippen molar-refractivity contribution < 1.29 is 0 Å². The van der Waals surface area contributed by atoms with Crippen LogP contribution in [0.1, 0.15) is 59.4 Å². The molecule has 2 aliphatic carbocycles. The maximum absolute atomic E-state index is 2.31. The molecule has 0 fully saturated rings. The molecule has 2 aliphatic rings. The molecule has 0 aliphatic heterocycles. The lowest BCUT2D eigenvalue weighted by Gasteiger charge is -2.10. The van der Waals surface area contributed by atoms with Crippen LogP contribution in [0.5, 0.6) is 0 Å². The molecule has 8 aromatic rings. The number of allylic oxidation sites excluding steroid dienone is 8. The third kappa shape index (κ3) is 12.7. The Balaban J connectivity index is 0.000000211. The van der Waals surface area contributed by atoms with E-state index in [0.717, 1.165) is 68.3 Å². The smallest absolute Gasteiger partial charge is 0.154 e. The summed E-state index contributed by atoms with van der Waals surface area (Å²) in [5, 5.41) is 0. The second-order valence-electron chi connectivity index (χ2n) is 19.1. The van der Waals surface area contributed by atoms with E-state index in [9.17, 15) is 0 Å². The van der Waals surface area contributed by atoms with Gasteiger partial charge in [0.25, 0.3) is 0 Å². The molecule has 0 saturated carbocycles. The predicted molar refractivity (Wildman–Crippen MR) is 325 cm³/mol. The molecule has 0 unspecified atom stereocenters. The molecule has 0 saturated heterocycles. The molecule has 8 aromatic carbocycles. The van der Waals surface area contributed by atoms with Crippen LogP contribution in [0, 0.1) is 55.4 Å². The number of aryl methyl sites for hydroxylation is 8. The van der Waals surface area contributed by atoms with Gasteiger partial charge in [-0.25, -0.2) is 0 Å². The zero-order valence-corrected chi connectivity index (χ0v) is 42.9. The molecule has 74 heavy (non-hydrogen) atoms. The molecule has 0 radical (unpaired) electrons. The molecule has 10 rings (SSSR count). The van der Waals surface area contributed by atoms with E-state index in [0.29, 0.717) is 0 Å². The Bertz CT molecular complexity index is 2770. The monoisotopic (exact) mass is 969 g/mol. The van der Waals surface area contributed by atoms with Crippen LogP contribution in [0.25, 0.3) is 0 Å². The highest BCUT2D eigenvalue weighted by atomic mass is 15.1. The van der Waals surface area contributed by atoms with Gasteiger partial charge < -0.3 is 0 Å². The van der Waals surface area contributed by atoms with Gasteiger partial charge in [-0.15, -0.1) is 0 Å². The van der Waals surface area contributed by atoms with Crippen molar-refractivity contribution in [3.05, 3.63) is 287 Å². The highest BCUT2D eigenvalue weighted by Crippen LogP contribution is 2.28. The zero-order valence-electron chi connectivity index (χ0n) is 42.9. The first kappa shape index (κ1) is 53.2. The molecule has 4 nitrogen and oxygen atoms in total. The van der Waals surface area contributed by atoms with E-state index in [2.05, 4.69) is 316 Å². The summed E-state index contributed by atoms with van der Waals surface area (Å²) in [5.41, 5.74) is 23.7. The lowest BCUT2D eigenvalue weighted by molar-refractivity contribution is 1.07. The number of hydrogen-bond donors (Lipinski definition) is 0. The first-order valence-electron chi connectivity index (χ1n) is 24.9. The summed E-state index contributed by atoms with van der Waals surface area (Å²) in [6, 6.07) is 69.7. The molecule has 0 spiro atoms. The Labute approximate surface area is 442 Å². The van der Waals surface area contributed by atoms with Crippen molar-refractivity contribution in [1.82, 2.24) is 18.3 Å². The Morgan fingerprint density at radius 1 is 0.162 bits per heavy atom. The van der Waals surface area contributed by atoms with Gasteiger partial charge in [0.2, 0.25) is 68.3 Å². The summed E-state index contributed by atoms with van der Waals surface area (Å²) >= 11 is 0. The zero-order chi connectivity index (χ0) is 50.1. The van der Waals surface area contributed by atoms with Gasteiger partial charge in [0, 0.05) is 146 Å². The summed E-state index contributed by atoms with van der Waals surface area (Å²) in [5.74, 6) is 0. The fraction of sp³-hybridized carbons (Fsp3) is 0.143. The molecular weight excluding hydrogens is 897 g/mol. The molecule has 0 N–H and O–H groups in total. The number of benzene rings is 8. The summed E-state index contributed by atoms with van der Waals surface area (Å²) in [6.07, 6.45) is 17.7. The van der Waals surface area contributed by atoms with Gasteiger partial charge in [-0.2, -0.15) is 18.3 Å². The topological polar surface area (TPSA) is 12.0 Å². The van der Waals surface area contributed by atoms with Crippen molar-refractivity contribution in [3.8, 4) is 0 Å². The molecule has 0 bridgehead atoms. The largest absolute Gasteiger partial charge is 0.212 e. The quantitative estimate of drug-likeness (QED) is 0.106. The van der Waals surface area contributed by atoms with Crippen molar-refractivity contribution >= 4 is 68.3 Å². The standard InChI is InChI=1S/2C34H32N2.2CH4/c2*1-25-5-13-29(14-6-25)35(30-15-7-26(2)8-16-30)33-21-23-34(24-22-33)36(31-17-9-27(3)10-18-31)32-19-11-28(4)12-20-32;;/h2*5-24H,1-4H3;2*1H4/q2*+2;;. The van der Waals surface area contributed by atoms with E-state index in [-0.39, 0.29) is 14.9 Å². The van der Waals surface area contributed by atoms with Crippen LogP contribution in [0.15, 0.2) is 243 Å². The third-order valence-electron chi connectivity index (χ3n) is 13.1. The van der Waals surface area contributed by atoms with E-state index in [1.165, 1.54) is 44.5 Å². The van der Waals surface area contributed by atoms with Gasteiger partial charge in [0.1, 0.15) is 0 Å². The normalized spacial score (nSPS) is 12.3. The maximum Gasteiger partial charge on any atom is 0.212 e. The van der Waals surface area contributed by atoms with Gasteiger partial charge in [-0.3, -0.25) is 0 Å². The van der Waals surface area contributed by atoms with Gasteiger partial charge in [0.15, 0.2) is 0 Å². The minimum Gasteiger partial charge on any atom is -0.154 e. The van der Waals surface area contributed by atoms with Gasteiger partial charge in [-0.05, 0) is 55.4 Å². The maximum atomic E-state index is 2.31. The van der Waals surface area contributed by atoms with Crippen LogP contribution < -0.4 is 18.3 Å². The van der Waals surface area contributed by atoms with E-state index < -0.39 is 0 Å². The number of nitrogens with zero attached hydrogens (tertiary/aromatic N) is 4. The molecule has 4 heteroatoms. The highest BCUT2D eigenvalue weighted by Gasteiger charge is 2.26. The SMILES string of the molecule is C.C.Cc1ccc([N+](=C2C=CC(=[N+](c3ccc(C)cc3)c3ccc(C)cc3)C=C2)c2ccc(C)cc2)cc1.Cc1ccc([N+](=C2C=CC(=[N+](c3ccc(C)cc3)c3ccc(C)cc3)C=C2)c2ccc(C)cc2)cc1. The minimum absolute atomic E-state index is 0. The lowest BCUT2D eigenvalue weighted by Crippen LogP contribution is -2.20. The predicted octanol–water partition coefficient (Wildman–Crippen LogP) is 17.9. The molecule has 0 aromatic heterocycles. The second-order valence-corrected chi connectivity index (χ2v) is 19.1. The molecule has 0 heterocycles. The third-order valence-corrected chi connectivity index (χ3v) is 13.1. The average molecular weight is 969 g/mol. The van der Waals surface area contributed by atoms with Crippen LogP contribution >= 0.6 is 0 Å². The summed E-state index contributed by atoms with van der Waals surface area (Å²) in [7, 11) is 0. The highest BCUT2D eigenvalue weighted by molar-refractivity contribution is 6.21. The fourth-order valence-corrected chi connectivity index (χ4v) is 8.84. The van der Waals surface area contributed by atoms with E-state index in [4.69, 9.17) is 0 Å². The Morgan fingerprint density at radius 3 is 0.351 bits per heavy atom. The first-order chi connectivity index (χ1) is 34.9. The van der Waals surface area contributed by atoms with Crippen LogP contribution in [0.2, 0.25) is 0 Å². The Hall–Kier alpha value is -8.60. The lowest BCUT2D eigenvalue weighted by atomic mass is 10.1. The van der Waals surface area contributed by atoms with Crippen molar-refractivity contribution in [3.63, 3.8) is 0 Å². The van der Waals surface area contributed by atoms with Crippen LogP contribution in [-0.4, -0.2) is 22.8 Å².